The number of nitrogens with zero attached hydrogens (tertiary/aromatic N) is 5. The number of hydrogen-bond donors (Lipinski definition) is 1. The Labute approximate surface area is 192 Å². The van der Waals surface area contributed by atoms with Crippen LogP contribution in [0.15, 0.2) is 6.33 Å². The van der Waals surface area contributed by atoms with E-state index >= 15 is 0 Å². The van der Waals surface area contributed by atoms with Crippen molar-refractivity contribution in [3.8, 4) is 0 Å². The molecule has 1 saturated heterocycles. The number of carbonyl (C=O) groups excluding carboxylic acids is 2. The fourth-order valence-corrected chi connectivity index (χ4v) is 5.10. The van der Waals surface area contributed by atoms with Crippen LogP contribution in [-0.2, 0) is 27.3 Å². The van der Waals surface area contributed by atoms with E-state index in [0.29, 0.717) is 19.3 Å². The highest BCUT2D eigenvalue weighted by Crippen LogP contribution is 2.29. The Morgan fingerprint density at radius 3 is 2.78 bits per heavy atom. The number of methoxy groups -OCH3 is 1. The summed E-state index contributed by atoms with van der Waals surface area (Å²) in [5.74, 6) is 2.19. The van der Waals surface area contributed by atoms with Crippen molar-refractivity contribution < 1.29 is 14.3 Å². The number of carbonyl (C=O) groups is 2. The molecule has 2 aliphatic rings. The van der Waals surface area contributed by atoms with E-state index in [1.165, 1.54) is 13.5 Å². The molecule has 10 heteroatoms. The summed E-state index contributed by atoms with van der Waals surface area (Å²) in [6.45, 7) is 2.41. The van der Waals surface area contributed by atoms with E-state index in [2.05, 4.69) is 24.8 Å². The quantitative estimate of drug-likeness (QED) is 0.628. The van der Waals surface area contributed by atoms with Gasteiger partial charge in [-0.3, -0.25) is 4.79 Å². The van der Waals surface area contributed by atoms with Gasteiger partial charge in [-0.15, -0.1) is 0 Å². The van der Waals surface area contributed by atoms with E-state index in [1.807, 2.05) is 6.26 Å². The Balaban J connectivity index is 1.42. The molecule has 0 unspecified atom stereocenters. The van der Waals surface area contributed by atoms with Crippen molar-refractivity contribution in [2.75, 3.05) is 37.1 Å². The second-order valence-corrected chi connectivity index (χ2v) is 9.47. The van der Waals surface area contributed by atoms with Gasteiger partial charge in [0.05, 0.1) is 7.11 Å². The molecular formula is C22H32N6O3S. The summed E-state index contributed by atoms with van der Waals surface area (Å²) in [5.41, 5.74) is 1.79. The molecule has 1 fully saturated rings. The van der Waals surface area contributed by atoms with Gasteiger partial charge in [-0.1, -0.05) is 6.42 Å². The third-order valence-electron chi connectivity index (χ3n) is 6.45. The molecule has 2 aliphatic heterocycles. The van der Waals surface area contributed by atoms with Gasteiger partial charge in [0.2, 0.25) is 5.91 Å². The van der Waals surface area contributed by atoms with Crippen LogP contribution in [0, 0.1) is 5.92 Å². The van der Waals surface area contributed by atoms with Crippen LogP contribution in [0.25, 0.3) is 11.2 Å². The fraction of sp³-hybridized carbons (Fsp3) is 0.682. The molecule has 9 nitrogen and oxygen atoms in total. The van der Waals surface area contributed by atoms with Gasteiger partial charge in [0.25, 0.3) is 0 Å². The number of aryl methyl sites for hydroxylation is 2. The second-order valence-electron chi connectivity index (χ2n) is 8.49. The highest BCUT2D eigenvalue weighted by Gasteiger charge is 2.30. The first kappa shape index (κ1) is 22.8. The number of imidazole rings is 1. The molecule has 1 atom stereocenters. The molecule has 32 heavy (non-hydrogen) atoms. The van der Waals surface area contributed by atoms with Crippen molar-refractivity contribution in [2.24, 2.45) is 5.92 Å². The zero-order valence-corrected chi connectivity index (χ0v) is 19.7. The number of fused-ring (bicyclic) bond motifs is 3. The number of ether oxygens (including phenoxy) is 1. The Morgan fingerprint density at radius 1 is 1.22 bits per heavy atom. The molecule has 0 saturated carbocycles. The molecule has 2 aromatic rings. The third-order valence-corrected chi connectivity index (χ3v) is 7.10. The molecule has 2 aromatic heterocycles. The van der Waals surface area contributed by atoms with Crippen LogP contribution in [0.5, 0.6) is 0 Å². The van der Waals surface area contributed by atoms with E-state index in [1.54, 1.807) is 18.1 Å². The molecule has 1 N–H and O–H groups in total. The topological polar surface area (TPSA) is 102 Å². The second kappa shape index (κ2) is 10.5. The maximum Gasteiger partial charge on any atom is 0.328 e. The van der Waals surface area contributed by atoms with Gasteiger partial charge in [-0.2, -0.15) is 11.8 Å². The molecule has 0 aromatic carbocycles. The molecule has 0 radical (unpaired) electrons. The van der Waals surface area contributed by atoms with E-state index in [4.69, 9.17) is 9.72 Å². The van der Waals surface area contributed by atoms with Gasteiger partial charge in [-0.25, -0.2) is 19.7 Å². The minimum Gasteiger partial charge on any atom is -0.467 e. The summed E-state index contributed by atoms with van der Waals surface area (Å²) in [4.78, 5) is 41.1. The number of anilines is 1. The molecule has 4 heterocycles. The lowest BCUT2D eigenvalue weighted by Gasteiger charge is -2.32. The lowest BCUT2D eigenvalue weighted by atomic mass is 9.95. The number of hydrogen-bond acceptors (Lipinski definition) is 8. The summed E-state index contributed by atoms with van der Waals surface area (Å²) >= 11 is 1.64. The number of nitrogens with one attached hydrogen (secondary N) is 1. The largest absolute Gasteiger partial charge is 0.467 e. The normalized spacial score (nSPS) is 18.1. The van der Waals surface area contributed by atoms with Crippen LogP contribution < -0.4 is 10.2 Å². The van der Waals surface area contributed by atoms with Crippen molar-refractivity contribution in [1.82, 2.24) is 24.8 Å². The first-order valence-corrected chi connectivity index (χ1v) is 12.8. The Bertz CT molecular complexity index is 957. The maximum absolute atomic E-state index is 12.8. The molecule has 0 spiro atoms. The molecule has 0 bridgehead atoms. The van der Waals surface area contributed by atoms with Crippen LogP contribution in [-0.4, -0.2) is 69.6 Å². The summed E-state index contributed by atoms with van der Waals surface area (Å²) < 4.78 is 7.11. The van der Waals surface area contributed by atoms with Gasteiger partial charge in [0.15, 0.2) is 17.0 Å². The Kier molecular flexibility index (Phi) is 7.49. The number of amides is 1. The summed E-state index contributed by atoms with van der Waals surface area (Å²) in [5, 5.41) is 2.91. The van der Waals surface area contributed by atoms with Crippen LogP contribution in [0.2, 0.25) is 0 Å². The number of thioether (sulfide) groups is 1. The minimum absolute atomic E-state index is 0.0670. The summed E-state index contributed by atoms with van der Waals surface area (Å²) in [7, 11) is 1.36. The van der Waals surface area contributed by atoms with Crippen LogP contribution >= 0.6 is 11.8 Å². The average Bonchev–Trinajstić information content (AvgIpc) is 3.02. The van der Waals surface area contributed by atoms with Crippen molar-refractivity contribution in [1.29, 1.82) is 0 Å². The highest BCUT2D eigenvalue weighted by atomic mass is 32.2. The average molecular weight is 461 g/mol. The molecular weight excluding hydrogens is 428 g/mol. The third kappa shape index (κ3) is 4.84. The van der Waals surface area contributed by atoms with Crippen LogP contribution in [0.3, 0.4) is 0 Å². The zero-order valence-electron chi connectivity index (χ0n) is 18.9. The van der Waals surface area contributed by atoms with Crippen molar-refractivity contribution in [2.45, 2.75) is 57.5 Å². The monoisotopic (exact) mass is 460 g/mol. The predicted octanol–water partition coefficient (Wildman–Crippen LogP) is 2.18. The van der Waals surface area contributed by atoms with Crippen LogP contribution in [0.1, 0.15) is 44.3 Å². The minimum atomic E-state index is -0.583. The van der Waals surface area contributed by atoms with Crippen molar-refractivity contribution in [3.05, 3.63) is 12.2 Å². The van der Waals surface area contributed by atoms with E-state index in [9.17, 15) is 9.59 Å². The molecule has 4 rings (SSSR count). The lowest BCUT2D eigenvalue weighted by molar-refractivity contribution is -0.145. The predicted molar refractivity (Wildman–Crippen MR) is 125 cm³/mol. The number of piperidine rings is 1. The highest BCUT2D eigenvalue weighted by molar-refractivity contribution is 7.98. The number of esters is 1. The molecule has 1 amide bonds. The Hall–Kier alpha value is -2.36. The van der Waals surface area contributed by atoms with Gasteiger partial charge in [0, 0.05) is 32.0 Å². The summed E-state index contributed by atoms with van der Waals surface area (Å²) in [6.07, 6.45) is 10.1. The first-order valence-electron chi connectivity index (χ1n) is 11.4. The van der Waals surface area contributed by atoms with E-state index in [0.717, 1.165) is 67.5 Å². The standard InChI is InChI=1S/C22H32N6O3S/c1-31-22(30)16(9-13-32-2)25-21(29)15-7-11-27(12-8-15)19-18-20(24-14-23-19)28-10-5-3-4-6-17(28)26-18/h14-16H,3-13H2,1-2H3,(H,25,29)/t16-/m1/s1. The van der Waals surface area contributed by atoms with E-state index < -0.39 is 6.04 Å². The molecule has 174 valence electrons. The smallest absolute Gasteiger partial charge is 0.328 e. The van der Waals surface area contributed by atoms with Gasteiger partial charge < -0.3 is 19.5 Å². The first-order chi connectivity index (χ1) is 15.6. The van der Waals surface area contributed by atoms with Gasteiger partial charge >= 0.3 is 5.97 Å². The molecule has 0 aliphatic carbocycles. The van der Waals surface area contributed by atoms with Gasteiger partial charge in [-0.05, 0) is 44.1 Å². The fourth-order valence-electron chi connectivity index (χ4n) is 4.63. The number of rotatable bonds is 7. The SMILES string of the molecule is COC(=O)[C@@H](CCSC)NC(=O)C1CCN(c2ncnc3c2nc2n3CCCCC2)CC1. The Morgan fingerprint density at radius 2 is 2.03 bits per heavy atom. The summed E-state index contributed by atoms with van der Waals surface area (Å²) in [6, 6.07) is -0.583. The van der Waals surface area contributed by atoms with Crippen molar-refractivity contribution >= 4 is 40.6 Å². The van der Waals surface area contributed by atoms with E-state index in [-0.39, 0.29) is 17.8 Å². The van der Waals surface area contributed by atoms with Gasteiger partial charge in [0.1, 0.15) is 18.2 Å². The van der Waals surface area contributed by atoms with Crippen molar-refractivity contribution in [3.63, 3.8) is 0 Å². The van der Waals surface area contributed by atoms with Crippen LogP contribution in [0.4, 0.5) is 5.82 Å². The number of aromatic nitrogens is 4. The maximum atomic E-state index is 12.8. The lowest BCUT2D eigenvalue weighted by Crippen LogP contribution is -2.47. The zero-order chi connectivity index (χ0) is 22.5.